The molecule has 1 aromatic rings. The molecule has 1 fully saturated rings. The van der Waals surface area contributed by atoms with Gasteiger partial charge in [-0.2, -0.15) is 0 Å². The van der Waals surface area contributed by atoms with Gasteiger partial charge in [0.1, 0.15) is 0 Å². The van der Waals surface area contributed by atoms with E-state index in [4.69, 9.17) is 0 Å². The minimum atomic E-state index is 0.0140. The SMILES string of the molecule is CCN1CCC(NC(=O)c2ccc(C(=NC)/C(C)=C(\C)NC)cc2)CC1. The van der Waals surface area contributed by atoms with Crippen LogP contribution in [0.2, 0.25) is 0 Å². The van der Waals surface area contributed by atoms with Crippen molar-refractivity contribution in [1.82, 2.24) is 15.5 Å². The lowest BCUT2D eigenvalue weighted by molar-refractivity contribution is 0.0912. The molecule has 1 amide bonds. The second-order valence-corrected chi connectivity index (χ2v) is 6.83. The van der Waals surface area contributed by atoms with Crippen molar-refractivity contribution in [3.63, 3.8) is 0 Å². The lowest BCUT2D eigenvalue weighted by atomic mass is 10.00. The highest BCUT2D eigenvalue weighted by Crippen LogP contribution is 2.15. The maximum atomic E-state index is 12.5. The zero-order chi connectivity index (χ0) is 19.1. The number of nitrogens with one attached hydrogen (secondary N) is 2. The Morgan fingerprint density at radius 2 is 1.73 bits per heavy atom. The van der Waals surface area contributed by atoms with Gasteiger partial charge in [-0.15, -0.1) is 0 Å². The molecule has 0 radical (unpaired) electrons. The number of carbonyl (C=O) groups excluding carboxylic acids is 1. The first-order valence-corrected chi connectivity index (χ1v) is 9.46. The van der Waals surface area contributed by atoms with Gasteiger partial charge in [0.05, 0.1) is 5.71 Å². The van der Waals surface area contributed by atoms with Crippen LogP contribution in [0.1, 0.15) is 49.5 Å². The molecule has 0 saturated carbocycles. The monoisotopic (exact) mass is 356 g/mol. The third kappa shape index (κ3) is 4.94. The second-order valence-electron chi connectivity index (χ2n) is 6.83. The van der Waals surface area contributed by atoms with Gasteiger partial charge < -0.3 is 15.5 Å². The Bertz CT molecular complexity index is 668. The first kappa shape index (κ1) is 20.2. The van der Waals surface area contributed by atoms with Gasteiger partial charge in [0.25, 0.3) is 5.91 Å². The summed E-state index contributed by atoms with van der Waals surface area (Å²) < 4.78 is 0. The summed E-state index contributed by atoms with van der Waals surface area (Å²) in [5.74, 6) is 0.0140. The van der Waals surface area contributed by atoms with Crippen molar-refractivity contribution in [3.05, 3.63) is 46.7 Å². The Morgan fingerprint density at radius 3 is 2.23 bits per heavy atom. The van der Waals surface area contributed by atoms with Crippen molar-refractivity contribution >= 4 is 11.6 Å². The third-order valence-corrected chi connectivity index (χ3v) is 5.31. The molecule has 26 heavy (non-hydrogen) atoms. The Labute approximate surface area is 157 Å². The van der Waals surface area contributed by atoms with Crippen LogP contribution in [0.5, 0.6) is 0 Å². The van der Waals surface area contributed by atoms with Crippen LogP contribution in [0, 0.1) is 0 Å². The second kappa shape index (κ2) is 9.53. The molecule has 5 heteroatoms. The van der Waals surface area contributed by atoms with Crippen LogP contribution in [0.3, 0.4) is 0 Å². The Balaban J connectivity index is 2.03. The predicted molar refractivity (Wildman–Crippen MR) is 109 cm³/mol. The number of amides is 1. The molecule has 1 aliphatic rings. The molecule has 1 heterocycles. The molecule has 0 aromatic heterocycles. The first-order chi connectivity index (χ1) is 12.5. The summed E-state index contributed by atoms with van der Waals surface area (Å²) in [5.41, 5.74) is 4.86. The smallest absolute Gasteiger partial charge is 0.251 e. The molecule has 5 nitrogen and oxygen atoms in total. The van der Waals surface area contributed by atoms with E-state index in [-0.39, 0.29) is 11.9 Å². The number of aliphatic imine (C=N–C) groups is 1. The zero-order valence-electron chi connectivity index (χ0n) is 16.7. The van der Waals surface area contributed by atoms with Gasteiger partial charge in [-0.25, -0.2) is 0 Å². The summed E-state index contributed by atoms with van der Waals surface area (Å²) in [6, 6.07) is 8.01. The van der Waals surface area contributed by atoms with Crippen LogP contribution >= 0.6 is 0 Å². The minimum absolute atomic E-state index is 0.0140. The van der Waals surface area contributed by atoms with E-state index in [1.807, 2.05) is 38.2 Å². The maximum Gasteiger partial charge on any atom is 0.251 e. The molecule has 0 aliphatic carbocycles. The normalized spacial score (nSPS) is 17.7. The molecule has 1 saturated heterocycles. The van der Waals surface area contributed by atoms with Crippen molar-refractivity contribution in [2.24, 2.45) is 4.99 Å². The van der Waals surface area contributed by atoms with Gasteiger partial charge in [-0.1, -0.05) is 19.1 Å². The van der Waals surface area contributed by atoms with E-state index in [1.54, 1.807) is 7.05 Å². The lowest BCUT2D eigenvalue weighted by Gasteiger charge is -2.31. The number of hydrogen-bond donors (Lipinski definition) is 2. The van der Waals surface area contributed by atoms with Gasteiger partial charge in [-0.05, 0) is 50.9 Å². The van der Waals surface area contributed by atoms with Crippen LogP contribution < -0.4 is 10.6 Å². The maximum absolute atomic E-state index is 12.5. The standard InChI is InChI=1S/C21H32N4O/c1-6-25-13-11-19(12-14-25)24-21(26)18-9-7-17(8-10-18)20(23-5)15(2)16(3)22-4/h7-10,19,22H,6,11-14H2,1-5H3,(H,24,26)/b16-15+,23-20?. The number of piperidine rings is 1. The molecule has 1 aromatic carbocycles. The zero-order valence-corrected chi connectivity index (χ0v) is 16.7. The van der Waals surface area contributed by atoms with E-state index in [0.717, 1.165) is 55.0 Å². The Hall–Kier alpha value is -2.14. The average Bonchev–Trinajstić information content (AvgIpc) is 2.68. The number of hydrogen-bond acceptors (Lipinski definition) is 4. The highest BCUT2D eigenvalue weighted by molar-refractivity contribution is 6.12. The molecule has 0 spiro atoms. The summed E-state index contributed by atoms with van der Waals surface area (Å²) in [6.45, 7) is 9.48. The molecular weight excluding hydrogens is 324 g/mol. The minimum Gasteiger partial charge on any atom is -0.391 e. The summed E-state index contributed by atoms with van der Waals surface area (Å²) in [4.78, 5) is 19.4. The van der Waals surface area contributed by atoms with Gasteiger partial charge in [-0.3, -0.25) is 9.79 Å². The summed E-state index contributed by atoms with van der Waals surface area (Å²) >= 11 is 0. The van der Waals surface area contributed by atoms with Crippen LogP contribution in [0.4, 0.5) is 0 Å². The van der Waals surface area contributed by atoms with Crippen LogP contribution in [-0.2, 0) is 0 Å². The van der Waals surface area contributed by atoms with Crippen molar-refractivity contribution in [3.8, 4) is 0 Å². The van der Waals surface area contributed by atoms with Crippen LogP contribution in [-0.4, -0.2) is 56.3 Å². The third-order valence-electron chi connectivity index (χ3n) is 5.31. The van der Waals surface area contributed by atoms with Crippen molar-refractivity contribution in [1.29, 1.82) is 0 Å². The molecule has 2 rings (SSSR count). The molecule has 142 valence electrons. The summed E-state index contributed by atoms with van der Waals surface area (Å²) in [7, 11) is 3.70. The number of rotatable bonds is 6. The number of nitrogens with zero attached hydrogens (tertiary/aromatic N) is 2. The van der Waals surface area contributed by atoms with Gasteiger partial charge >= 0.3 is 0 Å². The molecule has 1 aliphatic heterocycles. The average molecular weight is 357 g/mol. The van der Waals surface area contributed by atoms with Gasteiger partial charge in [0.15, 0.2) is 0 Å². The number of allylic oxidation sites excluding steroid dienone is 2. The molecule has 2 N–H and O–H groups in total. The van der Waals surface area contributed by atoms with Crippen LogP contribution in [0.15, 0.2) is 40.5 Å². The predicted octanol–water partition coefficient (Wildman–Crippen LogP) is 2.83. The quantitative estimate of drug-likeness (QED) is 0.771. The largest absolute Gasteiger partial charge is 0.391 e. The fraction of sp³-hybridized carbons (Fsp3) is 0.524. The number of likely N-dealkylation sites (tertiary alicyclic amines) is 1. The topological polar surface area (TPSA) is 56.7 Å². The number of carbonyl (C=O) groups is 1. The highest BCUT2D eigenvalue weighted by Gasteiger charge is 2.20. The number of benzene rings is 1. The molecular formula is C21H32N4O. The highest BCUT2D eigenvalue weighted by atomic mass is 16.1. The van der Waals surface area contributed by atoms with Crippen molar-refractivity contribution < 1.29 is 4.79 Å². The molecule has 0 unspecified atom stereocenters. The van der Waals surface area contributed by atoms with Crippen LogP contribution in [0.25, 0.3) is 0 Å². The lowest BCUT2D eigenvalue weighted by Crippen LogP contribution is -2.44. The Kier molecular flexibility index (Phi) is 7.39. The van der Waals surface area contributed by atoms with E-state index >= 15 is 0 Å². The fourth-order valence-electron chi connectivity index (χ4n) is 3.32. The van der Waals surface area contributed by atoms with E-state index < -0.39 is 0 Å². The van der Waals surface area contributed by atoms with E-state index in [1.165, 1.54) is 0 Å². The van der Waals surface area contributed by atoms with Crippen molar-refractivity contribution in [2.75, 3.05) is 33.7 Å². The van der Waals surface area contributed by atoms with Crippen molar-refractivity contribution in [2.45, 2.75) is 39.7 Å². The molecule has 0 bridgehead atoms. The summed E-state index contributed by atoms with van der Waals surface area (Å²) in [5, 5.41) is 6.34. The van der Waals surface area contributed by atoms with E-state index in [0.29, 0.717) is 5.56 Å². The van der Waals surface area contributed by atoms with E-state index in [2.05, 4.69) is 34.4 Å². The Morgan fingerprint density at radius 1 is 1.15 bits per heavy atom. The van der Waals surface area contributed by atoms with Gasteiger partial charge in [0.2, 0.25) is 0 Å². The van der Waals surface area contributed by atoms with E-state index in [9.17, 15) is 4.79 Å². The summed E-state index contributed by atoms with van der Waals surface area (Å²) in [6.07, 6.45) is 2.05. The molecule has 0 atom stereocenters. The van der Waals surface area contributed by atoms with Gasteiger partial charge in [0, 0.05) is 50.1 Å². The first-order valence-electron chi connectivity index (χ1n) is 9.46. The fourth-order valence-corrected chi connectivity index (χ4v) is 3.32.